The van der Waals surface area contributed by atoms with E-state index in [1.807, 2.05) is 72.8 Å². The summed E-state index contributed by atoms with van der Waals surface area (Å²) in [5.41, 5.74) is 18.3. The van der Waals surface area contributed by atoms with Gasteiger partial charge in [-0.15, -0.1) is 0 Å². The van der Waals surface area contributed by atoms with Gasteiger partial charge in [-0.05, 0) is 47.5 Å². The number of nitrogens with zero attached hydrogens (tertiary/aromatic N) is 4. The van der Waals surface area contributed by atoms with Crippen LogP contribution in [0.5, 0.6) is 23.0 Å². The molecule has 10 heteroatoms. The Kier molecular flexibility index (Phi) is 10.4. The molecule has 50 heavy (non-hydrogen) atoms. The van der Waals surface area contributed by atoms with Crippen LogP contribution in [0.2, 0.25) is 0 Å². The maximum atomic E-state index is 6.62. The van der Waals surface area contributed by atoms with E-state index in [9.17, 15) is 0 Å². The van der Waals surface area contributed by atoms with Crippen LogP contribution in [0.15, 0.2) is 109 Å². The van der Waals surface area contributed by atoms with Crippen molar-refractivity contribution in [2.75, 3.05) is 64.1 Å². The van der Waals surface area contributed by atoms with Crippen LogP contribution >= 0.6 is 0 Å². The van der Waals surface area contributed by atoms with Gasteiger partial charge in [0.15, 0.2) is 23.0 Å². The van der Waals surface area contributed by atoms with Gasteiger partial charge in [-0.2, -0.15) is 0 Å². The summed E-state index contributed by atoms with van der Waals surface area (Å²) in [7, 11) is 0. The van der Waals surface area contributed by atoms with E-state index in [1.165, 1.54) is 0 Å². The molecule has 0 saturated heterocycles. The Morgan fingerprint density at radius 3 is 1.18 bits per heavy atom. The van der Waals surface area contributed by atoms with Crippen molar-refractivity contribution in [3.05, 3.63) is 121 Å². The Morgan fingerprint density at radius 1 is 0.460 bits per heavy atom. The van der Waals surface area contributed by atoms with Crippen LogP contribution in [0.25, 0.3) is 21.8 Å². The van der Waals surface area contributed by atoms with E-state index in [4.69, 9.17) is 30.4 Å². The topological polar surface area (TPSA) is 121 Å². The molecule has 0 unspecified atom stereocenters. The third-order valence-corrected chi connectivity index (χ3v) is 8.95. The van der Waals surface area contributed by atoms with Gasteiger partial charge in [0.25, 0.3) is 0 Å². The van der Waals surface area contributed by atoms with Crippen LogP contribution in [0.4, 0.5) is 11.4 Å². The minimum atomic E-state index is 0.452. The molecule has 0 aliphatic carbocycles. The molecule has 7 rings (SSSR count). The smallest absolute Gasteiger partial charge is 0.161 e. The molecule has 0 spiro atoms. The summed E-state index contributed by atoms with van der Waals surface area (Å²) in [4.78, 5) is 13.6. The number of aromatic nitrogens is 2. The van der Waals surface area contributed by atoms with Crippen molar-refractivity contribution in [3.63, 3.8) is 0 Å². The first kappa shape index (κ1) is 32.9. The summed E-state index contributed by atoms with van der Waals surface area (Å²) in [5.74, 6) is 2.81. The Balaban J connectivity index is 1.10. The molecule has 256 valence electrons. The van der Waals surface area contributed by atoms with Gasteiger partial charge in [-0.25, -0.2) is 0 Å². The fourth-order valence-corrected chi connectivity index (χ4v) is 6.23. The fraction of sp³-hybridized carbons (Fsp3) is 0.250. The van der Waals surface area contributed by atoms with Crippen LogP contribution in [-0.2, 0) is 13.1 Å². The second-order valence-corrected chi connectivity index (χ2v) is 12.3. The fourth-order valence-electron chi connectivity index (χ4n) is 6.23. The van der Waals surface area contributed by atoms with Crippen molar-refractivity contribution in [2.24, 2.45) is 0 Å². The van der Waals surface area contributed by atoms with Gasteiger partial charge in [0.2, 0.25) is 0 Å². The van der Waals surface area contributed by atoms with E-state index >= 15 is 0 Å². The lowest BCUT2D eigenvalue weighted by Gasteiger charge is -2.26. The first-order valence-electron chi connectivity index (χ1n) is 17.0. The number of ether oxygens (including phenoxy) is 4. The highest BCUT2D eigenvalue weighted by atomic mass is 16.5. The SMILES string of the molecule is Nc1c(CN2CCOc3ccccc3OCCN(Cc3ccc4cccnc4c3N)CCOc3ccccc3OCC2)ccc2cccnc12. The first-order valence-corrected chi connectivity index (χ1v) is 17.0. The van der Waals surface area contributed by atoms with Crippen LogP contribution in [0.3, 0.4) is 0 Å². The summed E-state index contributed by atoms with van der Waals surface area (Å²) < 4.78 is 25.3. The lowest BCUT2D eigenvalue weighted by atomic mass is 10.1. The summed E-state index contributed by atoms with van der Waals surface area (Å²) >= 11 is 0. The molecule has 0 atom stereocenters. The third kappa shape index (κ3) is 7.83. The molecular formula is C40H42N6O4. The zero-order valence-electron chi connectivity index (χ0n) is 28.0. The number of hydrogen-bond acceptors (Lipinski definition) is 10. The van der Waals surface area contributed by atoms with E-state index < -0.39 is 0 Å². The van der Waals surface area contributed by atoms with Gasteiger partial charge in [0.05, 0.1) is 22.4 Å². The molecule has 0 saturated carbocycles. The lowest BCUT2D eigenvalue weighted by Crippen LogP contribution is -2.33. The molecule has 4 N–H and O–H groups in total. The summed E-state index contributed by atoms with van der Waals surface area (Å²) in [6.45, 7) is 5.62. The highest BCUT2D eigenvalue weighted by Gasteiger charge is 2.16. The van der Waals surface area contributed by atoms with Gasteiger partial charge in [0.1, 0.15) is 26.4 Å². The van der Waals surface area contributed by atoms with Crippen LogP contribution in [0, 0.1) is 0 Å². The summed E-state index contributed by atoms with van der Waals surface area (Å²) in [6, 6.07) is 31.8. The van der Waals surface area contributed by atoms with E-state index in [-0.39, 0.29) is 0 Å². The zero-order valence-corrected chi connectivity index (χ0v) is 28.0. The molecule has 10 nitrogen and oxygen atoms in total. The minimum absolute atomic E-state index is 0.452. The largest absolute Gasteiger partial charge is 0.488 e. The molecule has 3 heterocycles. The molecular weight excluding hydrogens is 628 g/mol. The number of benzene rings is 4. The minimum Gasteiger partial charge on any atom is -0.488 e. The molecule has 0 fully saturated rings. The molecule has 1 aliphatic rings. The zero-order chi connectivity index (χ0) is 34.1. The number of para-hydroxylation sites is 4. The number of pyridine rings is 2. The predicted octanol–water partition coefficient (Wildman–Crippen LogP) is 6.18. The average Bonchev–Trinajstić information content (AvgIpc) is 3.14. The normalized spacial score (nSPS) is 15.4. The number of hydrogen-bond donors (Lipinski definition) is 2. The van der Waals surface area contributed by atoms with E-state index in [1.54, 1.807) is 12.4 Å². The molecule has 0 bridgehead atoms. The molecule has 6 aromatic rings. The van der Waals surface area contributed by atoms with Crippen molar-refractivity contribution in [1.82, 2.24) is 19.8 Å². The van der Waals surface area contributed by atoms with Crippen LogP contribution < -0.4 is 30.4 Å². The number of nitrogens with two attached hydrogens (primary N) is 2. The Hall–Kier alpha value is -5.58. The molecule has 1 aliphatic heterocycles. The second kappa shape index (κ2) is 15.8. The van der Waals surface area contributed by atoms with Crippen molar-refractivity contribution in [1.29, 1.82) is 0 Å². The van der Waals surface area contributed by atoms with Crippen LogP contribution in [0.1, 0.15) is 11.1 Å². The molecule has 2 aromatic heterocycles. The lowest BCUT2D eigenvalue weighted by molar-refractivity contribution is 0.150. The van der Waals surface area contributed by atoms with Crippen molar-refractivity contribution in [2.45, 2.75) is 13.1 Å². The number of anilines is 2. The predicted molar refractivity (Wildman–Crippen MR) is 198 cm³/mol. The highest BCUT2D eigenvalue weighted by molar-refractivity contribution is 5.91. The summed E-state index contributed by atoms with van der Waals surface area (Å²) in [6.07, 6.45) is 3.55. The van der Waals surface area contributed by atoms with Crippen molar-refractivity contribution < 1.29 is 18.9 Å². The molecule has 4 aromatic carbocycles. The number of nitrogen functional groups attached to an aromatic ring is 2. The first-order chi connectivity index (χ1) is 24.6. The Labute approximate surface area is 292 Å². The van der Waals surface area contributed by atoms with Gasteiger partial charge in [-0.3, -0.25) is 19.8 Å². The van der Waals surface area contributed by atoms with E-state index in [2.05, 4.69) is 44.0 Å². The molecule has 0 radical (unpaired) electrons. The number of fused-ring (bicyclic) bond motifs is 4. The maximum absolute atomic E-state index is 6.62. The van der Waals surface area contributed by atoms with Crippen molar-refractivity contribution >= 4 is 33.2 Å². The van der Waals surface area contributed by atoms with Gasteiger partial charge in [-0.1, -0.05) is 60.7 Å². The Morgan fingerprint density at radius 2 is 0.820 bits per heavy atom. The van der Waals surface area contributed by atoms with Crippen molar-refractivity contribution in [3.8, 4) is 23.0 Å². The second-order valence-electron chi connectivity index (χ2n) is 12.3. The average molecular weight is 671 g/mol. The standard InChI is InChI=1S/C40H42N6O4/c41-37-31(15-13-29-7-5-17-43-39(29)37)27-45-19-23-47-33-9-1-2-10-34(33)48-24-20-46(22-26-50-36-12-4-3-11-35(36)49-25-21-45)28-32-16-14-30-8-6-18-44-40(30)38(32)42/h1-18H,19-28,41-42H2. The number of rotatable bonds is 4. The quantitative estimate of drug-likeness (QED) is 0.210. The van der Waals surface area contributed by atoms with Crippen LogP contribution in [-0.4, -0.2) is 72.4 Å². The van der Waals surface area contributed by atoms with Gasteiger partial charge >= 0.3 is 0 Å². The van der Waals surface area contributed by atoms with E-state index in [0.717, 1.165) is 32.9 Å². The monoisotopic (exact) mass is 670 g/mol. The summed E-state index contributed by atoms with van der Waals surface area (Å²) in [5, 5.41) is 2.04. The Bertz CT molecular complexity index is 1850. The van der Waals surface area contributed by atoms with E-state index in [0.29, 0.717) is 100 Å². The van der Waals surface area contributed by atoms with Gasteiger partial charge in [0, 0.05) is 62.4 Å². The van der Waals surface area contributed by atoms with Gasteiger partial charge < -0.3 is 30.4 Å². The highest BCUT2D eigenvalue weighted by Crippen LogP contribution is 2.29. The third-order valence-electron chi connectivity index (χ3n) is 8.95. The maximum Gasteiger partial charge on any atom is 0.161 e. The molecule has 0 amide bonds.